The smallest absolute Gasteiger partial charge is 0.179 e. The van der Waals surface area contributed by atoms with Gasteiger partial charge < -0.3 is 0 Å². The van der Waals surface area contributed by atoms with Crippen molar-refractivity contribution in [3.8, 4) is 0 Å². The first kappa shape index (κ1) is 13.4. The fourth-order valence-electron chi connectivity index (χ4n) is 2.27. The van der Waals surface area contributed by atoms with Crippen LogP contribution in [-0.4, -0.2) is 10.2 Å². The summed E-state index contributed by atoms with van der Waals surface area (Å²) in [5.74, 6) is 0.572. The molecule has 104 valence electrons. The molecule has 0 N–H and O–H groups in total. The Kier molecular flexibility index (Phi) is 3.96. The van der Waals surface area contributed by atoms with Gasteiger partial charge in [0, 0.05) is 10.8 Å². The summed E-state index contributed by atoms with van der Waals surface area (Å²) in [5.41, 5.74) is 1.16. The monoisotopic (exact) mass is 276 g/mol. The van der Waals surface area contributed by atoms with E-state index in [-0.39, 0.29) is 6.04 Å². The SMILES string of the molecule is CCC(N=Nc1nncc2ccccc12)c1ccccc1. The van der Waals surface area contributed by atoms with Crippen molar-refractivity contribution in [2.24, 2.45) is 10.2 Å². The lowest BCUT2D eigenvalue weighted by Gasteiger charge is -2.08. The topological polar surface area (TPSA) is 50.5 Å². The van der Waals surface area contributed by atoms with Gasteiger partial charge in [-0.1, -0.05) is 61.5 Å². The highest BCUT2D eigenvalue weighted by molar-refractivity contribution is 5.89. The molecule has 3 aromatic rings. The molecule has 1 unspecified atom stereocenters. The molecule has 0 radical (unpaired) electrons. The quantitative estimate of drug-likeness (QED) is 0.638. The molecule has 4 heteroatoms. The predicted molar refractivity (Wildman–Crippen MR) is 83.5 cm³/mol. The van der Waals surface area contributed by atoms with E-state index >= 15 is 0 Å². The standard InChI is InChI=1S/C17H16N4/c1-2-16(13-8-4-3-5-9-13)19-21-17-15-11-7-6-10-14(15)12-18-20-17/h3-12,16H,2H2,1H3. The molecule has 1 heterocycles. The number of aromatic nitrogens is 2. The molecule has 4 nitrogen and oxygen atoms in total. The largest absolute Gasteiger partial charge is 0.203 e. The number of benzene rings is 2. The Labute approximate surface area is 123 Å². The van der Waals surface area contributed by atoms with Gasteiger partial charge in [0.25, 0.3) is 0 Å². The van der Waals surface area contributed by atoms with Crippen LogP contribution in [0.3, 0.4) is 0 Å². The number of hydrogen-bond acceptors (Lipinski definition) is 4. The third kappa shape index (κ3) is 2.94. The second-order valence-corrected chi connectivity index (χ2v) is 4.81. The van der Waals surface area contributed by atoms with Crippen molar-refractivity contribution in [3.63, 3.8) is 0 Å². The zero-order valence-electron chi connectivity index (χ0n) is 11.8. The van der Waals surface area contributed by atoms with E-state index in [1.54, 1.807) is 6.20 Å². The number of fused-ring (bicyclic) bond motifs is 1. The average molecular weight is 276 g/mol. The van der Waals surface area contributed by atoms with Crippen molar-refractivity contribution >= 4 is 16.6 Å². The van der Waals surface area contributed by atoms with Gasteiger partial charge in [0.2, 0.25) is 5.82 Å². The lowest BCUT2D eigenvalue weighted by atomic mass is 10.1. The fraction of sp³-hybridized carbons (Fsp3) is 0.176. The summed E-state index contributed by atoms with van der Waals surface area (Å²) in [5, 5.41) is 18.9. The van der Waals surface area contributed by atoms with Gasteiger partial charge in [0.15, 0.2) is 0 Å². The Hall–Kier alpha value is -2.62. The van der Waals surface area contributed by atoms with Gasteiger partial charge in [0.05, 0.1) is 12.2 Å². The average Bonchev–Trinajstić information content (AvgIpc) is 2.56. The second kappa shape index (κ2) is 6.22. The number of azo groups is 1. The van der Waals surface area contributed by atoms with Crippen LogP contribution in [0.4, 0.5) is 5.82 Å². The third-order valence-corrected chi connectivity index (χ3v) is 3.41. The molecule has 1 atom stereocenters. The summed E-state index contributed by atoms with van der Waals surface area (Å²) in [6.07, 6.45) is 2.63. The highest BCUT2D eigenvalue weighted by Gasteiger charge is 2.08. The maximum absolute atomic E-state index is 4.46. The van der Waals surface area contributed by atoms with E-state index in [1.165, 1.54) is 0 Å². The molecule has 0 amide bonds. The minimum Gasteiger partial charge on any atom is -0.179 e. The Morgan fingerprint density at radius 1 is 1.00 bits per heavy atom. The molecule has 0 aliphatic rings. The van der Waals surface area contributed by atoms with Crippen LogP contribution in [0.5, 0.6) is 0 Å². The van der Waals surface area contributed by atoms with Crippen LogP contribution in [-0.2, 0) is 0 Å². The molecule has 0 fully saturated rings. The summed E-state index contributed by atoms with van der Waals surface area (Å²) in [6.45, 7) is 2.10. The van der Waals surface area contributed by atoms with Crippen molar-refractivity contribution in [2.45, 2.75) is 19.4 Å². The van der Waals surface area contributed by atoms with Gasteiger partial charge in [-0.05, 0) is 12.0 Å². The van der Waals surface area contributed by atoms with Crippen LogP contribution in [0, 0.1) is 0 Å². The van der Waals surface area contributed by atoms with E-state index in [1.807, 2.05) is 42.5 Å². The van der Waals surface area contributed by atoms with E-state index in [2.05, 4.69) is 39.5 Å². The van der Waals surface area contributed by atoms with E-state index in [9.17, 15) is 0 Å². The van der Waals surface area contributed by atoms with Crippen molar-refractivity contribution < 1.29 is 0 Å². The van der Waals surface area contributed by atoms with Crippen LogP contribution in [0.25, 0.3) is 10.8 Å². The molecule has 0 saturated carbocycles. The third-order valence-electron chi connectivity index (χ3n) is 3.41. The second-order valence-electron chi connectivity index (χ2n) is 4.81. The maximum atomic E-state index is 4.46. The molecule has 1 aromatic heterocycles. The zero-order valence-corrected chi connectivity index (χ0v) is 11.8. The minimum atomic E-state index is 0.0481. The Morgan fingerprint density at radius 2 is 1.76 bits per heavy atom. The lowest BCUT2D eigenvalue weighted by Crippen LogP contribution is -1.92. The highest BCUT2D eigenvalue weighted by atomic mass is 15.2. The van der Waals surface area contributed by atoms with Crippen molar-refractivity contribution in [1.82, 2.24) is 10.2 Å². The summed E-state index contributed by atoms with van der Waals surface area (Å²) in [4.78, 5) is 0. The van der Waals surface area contributed by atoms with Crippen LogP contribution in [0.15, 0.2) is 71.0 Å². The Bertz CT molecular complexity index is 748. The molecule has 0 aliphatic heterocycles. The van der Waals surface area contributed by atoms with Crippen LogP contribution in [0.2, 0.25) is 0 Å². The predicted octanol–water partition coefficient (Wildman–Crippen LogP) is 4.86. The van der Waals surface area contributed by atoms with Gasteiger partial charge in [-0.2, -0.15) is 10.2 Å². The van der Waals surface area contributed by atoms with Gasteiger partial charge >= 0.3 is 0 Å². The zero-order chi connectivity index (χ0) is 14.5. The first-order valence-electron chi connectivity index (χ1n) is 7.04. The molecule has 3 rings (SSSR count). The summed E-state index contributed by atoms with van der Waals surface area (Å²) in [7, 11) is 0. The highest BCUT2D eigenvalue weighted by Crippen LogP contribution is 2.26. The lowest BCUT2D eigenvalue weighted by molar-refractivity contribution is 0.662. The molecule has 0 aliphatic carbocycles. The number of nitrogens with zero attached hydrogens (tertiary/aromatic N) is 4. The summed E-state index contributed by atoms with van der Waals surface area (Å²) < 4.78 is 0. The van der Waals surface area contributed by atoms with Crippen molar-refractivity contribution in [2.75, 3.05) is 0 Å². The van der Waals surface area contributed by atoms with Crippen LogP contribution in [0.1, 0.15) is 24.9 Å². The molecule has 21 heavy (non-hydrogen) atoms. The molecule has 0 spiro atoms. The summed E-state index contributed by atoms with van der Waals surface area (Å²) >= 11 is 0. The maximum Gasteiger partial charge on any atom is 0.203 e. The first-order valence-corrected chi connectivity index (χ1v) is 7.04. The van der Waals surface area contributed by atoms with Gasteiger partial charge in [0.1, 0.15) is 0 Å². The molecule has 0 bridgehead atoms. The first-order chi connectivity index (χ1) is 10.4. The fourth-order valence-corrected chi connectivity index (χ4v) is 2.27. The molecule has 2 aromatic carbocycles. The van der Waals surface area contributed by atoms with Crippen molar-refractivity contribution in [1.29, 1.82) is 0 Å². The van der Waals surface area contributed by atoms with E-state index in [0.717, 1.165) is 22.8 Å². The molecular weight excluding hydrogens is 260 g/mol. The van der Waals surface area contributed by atoms with Crippen LogP contribution < -0.4 is 0 Å². The van der Waals surface area contributed by atoms with E-state index < -0.39 is 0 Å². The molecular formula is C17H16N4. The number of rotatable bonds is 4. The summed E-state index contributed by atoms with van der Waals surface area (Å²) in [6, 6.07) is 18.2. The molecule has 0 saturated heterocycles. The van der Waals surface area contributed by atoms with E-state index in [4.69, 9.17) is 0 Å². The minimum absolute atomic E-state index is 0.0481. The van der Waals surface area contributed by atoms with Gasteiger partial charge in [-0.25, -0.2) is 0 Å². The Morgan fingerprint density at radius 3 is 2.57 bits per heavy atom. The number of hydrogen-bond donors (Lipinski definition) is 0. The van der Waals surface area contributed by atoms with E-state index in [0.29, 0.717) is 5.82 Å². The van der Waals surface area contributed by atoms with Gasteiger partial charge in [-0.15, -0.1) is 10.2 Å². The normalized spacial score (nSPS) is 12.8. The van der Waals surface area contributed by atoms with Crippen molar-refractivity contribution in [3.05, 3.63) is 66.4 Å². The van der Waals surface area contributed by atoms with Gasteiger partial charge in [-0.3, -0.25) is 0 Å². The Balaban J connectivity index is 1.94. The van der Waals surface area contributed by atoms with Crippen LogP contribution >= 0.6 is 0 Å².